The summed E-state index contributed by atoms with van der Waals surface area (Å²) in [5.74, 6) is 0.978. The molecule has 0 aliphatic rings. The van der Waals surface area contributed by atoms with Crippen LogP contribution >= 0.6 is 0 Å². The Hall–Kier alpha value is -3.53. The average molecular weight is 388 g/mol. The number of ether oxygens (including phenoxy) is 1. The van der Waals surface area contributed by atoms with Crippen LogP contribution in [0.25, 0.3) is 16.8 Å². The largest absolute Gasteiger partial charge is 0.497 e. The molecule has 0 radical (unpaired) electrons. The molecular weight excluding hydrogens is 364 g/mol. The monoisotopic (exact) mass is 388 g/mol. The lowest BCUT2D eigenvalue weighted by molar-refractivity contribution is -0.112. The predicted octanol–water partition coefficient (Wildman–Crippen LogP) is 5.54. The highest BCUT2D eigenvalue weighted by Crippen LogP contribution is 2.18. The van der Waals surface area contributed by atoms with Gasteiger partial charge in [0, 0.05) is 11.1 Å². The third-order valence-electron chi connectivity index (χ3n) is 4.28. The number of carbonyl (C=O) groups is 3. The number of hydrogen-bond acceptors (Lipinski definition) is 4. The van der Waals surface area contributed by atoms with E-state index >= 15 is 0 Å². The average Bonchev–Trinajstić information content (AvgIpc) is 2.72. The van der Waals surface area contributed by atoms with Gasteiger partial charge in [0.2, 0.25) is 0 Å². The maximum absolute atomic E-state index is 11.2. The lowest BCUT2D eigenvalue weighted by Crippen LogP contribution is -1.93. The number of rotatable bonds is 5. The van der Waals surface area contributed by atoms with Gasteiger partial charge in [0.25, 0.3) is 0 Å². The summed E-state index contributed by atoms with van der Waals surface area (Å²) in [6.07, 6.45) is 3.32. The van der Waals surface area contributed by atoms with E-state index in [2.05, 4.69) is 0 Å². The van der Waals surface area contributed by atoms with Crippen molar-refractivity contribution in [2.24, 2.45) is 0 Å². The zero-order valence-electron chi connectivity index (χ0n) is 17.1. The van der Waals surface area contributed by atoms with Crippen LogP contribution in [0.15, 0.2) is 66.7 Å². The van der Waals surface area contributed by atoms with Gasteiger partial charge < -0.3 is 4.74 Å². The Bertz CT molecular complexity index is 1010. The molecule has 0 atom stereocenters. The first kappa shape index (κ1) is 21.8. The molecule has 29 heavy (non-hydrogen) atoms. The molecule has 0 saturated heterocycles. The summed E-state index contributed by atoms with van der Waals surface area (Å²) in [4.78, 5) is 33.0. The van der Waals surface area contributed by atoms with Gasteiger partial charge in [-0.25, -0.2) is 0 Å². The Kier molecular flexibility index (Phi) is 7.61. The molecule has 0 N–H and O–H groups in total. The summed E-state index contributed by atoms with van der Waals surface area (Å²) >= 11 is 0. The molecule has 0 aliphatic carbocycles. The fourth-order valence-electron chi connectivity index (χ4n) is 2.61. The molecule has 0 unspecified atom stereocenters. The summed E-state index contributed by atoms with van der Waals surface area (Å²) < 4.78 is 5.00. The Morgan fingerprint density at radius 2 is 1.21 bits per heavy atom. The second-order valence-corrected chi connectivity index (χ2v) is 6.61. The van der Waals surface area contributed by atoms with Crippen LogP contribution in [-0.4, -0.2) is 24.5 Å². The molecule has 0 spiro atoms. The van der Waals surface area contributed by atoms with E-state index in [4.69, 9.17) is 4.74 Å². The highest BCUT2D eigenvalue weighted by molar-refractivity contribution is 6.01. The minimum Gasteiger partial charge on any atom is -0.497 e. The van der Waals surface area contributed by atoms with Crippen molar-refractivity contribution >= 4 is 34.2 Å². The van der Waals surface area contributed by atoms with Crippen molar-refractivity contribution in [3.8, 4) is 5.75 Å². The van der Waals surface area contributed by atoms with Crippen LogP contribution in [0.3, 0.4) is 0 Å². The first-order valence-corrected chi connectivity index (χ1v) is 9.18. The molecule has 148 valence electrons. The molecule has 4 nitrogen and oxygen atoms in total. The van der Waals surface area contributed by atoms with E-state index in [1.54, 1.807) is 45.2 Å². The van der Waals surface area contributed by atoms with Gasteiger partial charge in [-0.15, -0.1) is 0 Å². The highest BCUT2D eigenvalue weighted by atomic mass is 16.5. The van der Waals surface area contributed by atoms with Gasteiger partial charge in [0.15, 0.2) is 17.3 Å². The predicted molar refractivity (Wildman–Crippen MR) is 117 cm³/mol. The molecule has 3 aromatic rings. The smallest absolute Gasteiger partial charge is 0.159 e. The summed E-state index contributed by atoms with van der Waals surface area (Å²) in [6, 6.07) is 18.5. The second-order valence-electron chi connectivity index (χ2n) is 6.61. The fraction of sp³-hybridized carbons (Fsp3) is 0.160. The topological polar surface area (TPSA) is 60.4 Å². The van der Waals surface area contributed by atoms with E-state index in [0.29, 0.717) is 11.1 Å². The van der Waals surface area contributed by atoms with Crippen molar-refractivity contribution in [1.82, 2.24) is 0 Å². The Balaban J connectivity index is 0.000000212. The Morgan fingerprint density at radius 3 is 1.59 bits per heavy atom. The molecule has 4 heteroatoms. The first-order chi connectivity index (χ1) is 13.8. The molecule has 0 fully saturated rings. The summed E-state index contributed by atoms with van der Waals surface area (Å²) in [7, 11) is 1.63. The van der Waals surface area contributed by atoms with Crippen LogP contribution < -0.4 is 4.74 Å². The Labute approximate surface area is 170 Å². The SMILES string of the molecule is CC(=O)c1ccc2cc(C(C)=O)ccc2c1.COc1ccc(/C=C/C(C)=O)cc1. The van der Waals surface area contributed by atoms with Gasteiger partial charge in [0.1, 0.15) is 5.75 Å². The minimum absolute atomic E-state index is 0.0517. The zero-order chi connectivity index (χ0) is 21.4. The van der Waals surface area contributed by atoms with Gasteiger partial charge in [0.05, 0.1) is 7.11 Å². The van der Waals surface area contributed by atoms with Crippen LogP contribution in [0, 0.1) is 0 Å². The number of benzene rings is 3. The van der Waals surface area contributed by atoms with E-state index < -0.39 is 0 Å². The van der Waals surface area contributed by atoms with Crippen molar-refractivity contribution in [3.05, 3.63) is 83.4 Å². The number of methoxy groups -OCH3 is 1. The molecule has 0 aromatic heterocycles. The lowest BCUT2D eigenvalue weighted by atomic mass is 10.0. The highest BCUT2D eigenvalue weighted by Gasteiger charge is 2.03. The van der Waals surface area contributed by atoms with Gasteiger partial charge >= 0.3 is 0 Å². The van der Waals surface area contributed by atoms with Crippen molar-refractivity contribution in [3.63, 3.8) is 0 Å². The normalized spacial score (nSPS) is 10.3. The molecule has 3 aromatic carbocycles. The fourth-order valence-corrected chi connectivity index (χ4v) is 2.61. The first-order valence-electron chi connectivity index (χ1n) is 9.18. The van der Waals surface area contributed by atoms with E-state index in [1.807, 2.05) is 48.5 Å². The number of carbonyl (C=O) groups excluding carboxylic acids is 3. The standard InChI is InChI=1S/C14H12O2.C11H12O2/c1-9(15)11-3-5-14-8-12(10(2)16)4-6-13(14)7-11;1-9(12)3-4-10-5-7-11(13-2)8-6-10/h3-8H,1-2H3;3-8H,1-2H3/b;4-3+. The third-order valence-corrected chi connectivity index (χ3v) is 4.28. The van der Waals surface area contributed by atoms with Crippen molar-refractivity contribution in [2.45, 2.75) is 20.8 Å². The van der Waals surface area contributed by atoms with Gasteiger partial charge in [-0.2, -0.15) is 0 Å². The summed E-state index contributed by atoms with van der Waals surface area (Å²) in [5.41, 5.74) is 2.39. The molecule has 0 saturated carbocycles. The van der Waals surface area contributed by atoms with E-state index in [1.165, 1.54) is 6.92 Å². The molecular formula is C25H24O4. The summed E-state index contributed by atoms with van der Waals surface area (Å²) in [6.45, 7) is 4.62. The van der Waals surface area contributed by atoms with Crippen molar-refractivity contribution < 1.29 is 19.1 Å². The van der Waals surface area contributed by atoms with Crippen LogP contribution in [0.1, 0.15) is 47.1 Å². The number of Topliss-reactive ketones (excluding diaryl/α,β-unsaturated/α-hetero) is 2. The minimum atomic E-state index is 0.0517. The van der Waals surface area contributed by atoms with Crippen molar-refractivity contribution in [1.29, 1.82) is 0 Å². The number of hydrogen-bond donors (Lipinski definition) is 0. The quantitative estimate of drug-likeness (QED) is 0.425. The molecule has 0 bridgehead atoms. The number of allylic oxidation sites excluding steroid dienone is 1. The van der Waals surface area contributed by atoms with E-state index in [0.717, 1.165) is 22.1 Å². The third kappa shape index (κ3) is 6.54. The van der Waals surface area contributed by atoms with Crippen LogP contribution in [0.2, 0.25) is 0 Å². The van der Waals surface area contributed by atoms with Crippen molar-refractivity contribution in [2.75, 3.05) is 7.11 Å². The van der Waals surface area contributed by atoms with Crippen LogP contribution in [0.5, 0.6) is 5.75 Å². The molecule has 0 heterocycles. The maximum atomic E-state index is 11.2. The number of fused-ring (bicyclic) bond motifs is 1. The molecule has 3 rings (SSSR count). The number of ketones is 3. The van der Waals surface area contributed by atoms with Gasteiger partial charge in [-0.1, -0.05) is 42.5 Å². The maximum Gasteiger partial charge on any atom is 0.159 e. The van der Waals surface area contributed by atoms with Gasteiger partial charge in [-0.3, -0.25) is 14.4 Å². The molecule has 0 amide bonds. The van der Waals surface area contributed by atoms with Gasteiger partial charge in [-0.05, 0) is 67.4 Å². The zero-order valence-corrected chi connectivity index (χ0v) is 17.1. The van der Waals surface area contributed by atoms with E-state index in [9.17, 15) is 14.4 Å². The Morgan fingerprint density at radius 1 is 0.724 bits per heavy atom. The lowest BCUT2D eigenvalue weighted by Gasteiger charge is -2.02. The molecule has 0 aliphatic heterocycles. The van der Waals surface area contributed by atoms with E-state index in [-0.39, 0.29) is 17.3 Å². The van der Waals surface area contributed by atoms with Crippen LogP contribution in [-0.2, 0) is 4.79 Å². The second kappa shape index (κ2) is 10.1. The van der Waals surface area contributed by atoms with Crippen LogP contribution in [0.4, 0.5) is 0 Å². The summed E-state index contributed by atoms with van der Waals surface area (Å²) in [5, 5.41) is 1.97.